The molecule has 1 N–H and O–H groups in total. The average molecular weight is 428 g/mol. The summed E-state index contributed by atoms with van der Waals surface area (Å²) >= 11 is 0. The van der Waals surface area contributed by atoms with Crippen molar-refractivity contribution >= 4 is 18.0 Å². The fourth-order valence-electron chi connectivity index (χ4n) is 3.51. The predicted octanol–water partition coefficient (Wildman–Crippen LogP) is 4.53. The Hall–Kier alpha value is -2.35. The summed E-state index contributed by atoms with van der Waals surface area (Å²) in [5.41, 5.74) is -2.56. The smallest absolute Gasteiger partial charge is 0.416 e. The van der Waals surface area contributed by atoms with Crippen LogP contribution in [0.3, 0.4) is 0 Å². The second kappa shape index (κ2) is 10.1. The molecule has 0 bridgehead atoms. The standard InChI is InChI=1S/C22H27F3O5/c1-3-7-15(8-4-2)19(27)29-14-21(13-26)12-17(20(28)30-21)11-16-9-5-6-10-18(16)22(23,24)25/h5-6,9-11,15,26H,3-4,7-8,12-14H2,1-2H3/b17-11-. The van der Waals surface area contributed by atoms with E-state index in [0.29, 0.717) is 12.8 Å². The molecule has 5 nitrogen and oxygen atoms in total. The van der Waals surface area contributed by atoms with E-state index < -0.39 is 35.9 Å². The summed E-state index contributed by atoms with van der Waals surface area (Å²) in [6.07, 6.45) is -0.671. The zero-order valence-electron chi connectivity index (χ0n) is 17.1. The summed E-state index contributed by atoms with van der Waals surface area (Å²) < 4.78 is 50.2. The average Bonchev–Trinajstić information content (AvgIpc) is 3.01. The third-order valence-corrected chi connectivity index (χ3v) is 5.05. The first kappa shape index (κ1) is 23.9. The number of hydrogen-bond acceptors (Lipinski definition) is 5. The molecule has 0 spiro atoms. The van der Waals surface area contributed by atoms with Crippen LogP contribution >= 0.6 is 0 Å². The molecular formula is C22H27F3O5. The van der Waals surface area contributed by atoms with Crippen LogP contribution in [0.15, 0.2) is 29.8 Å². The minimum Gasteiger partial charge on any atom is -0.461 e. The van der Waals surface area contributed by atoms with Gasteiger partial charge in [-0.3, -0.25) is 4.79 Å². The molecule has 0 saturated carbocycles. The lowest BCUT2D eigenvalue weighted by molar-refractivity contribution is -0.169. The number of ether oxygens (including phenoxy) is 2. The molecule has 166 valence electrons. The van der Waals surface area contributed by atoms with E-state index in [-0.39, 0.29) is 30.1 Å². The predicted molar refractivity (Wildman–Crippen MR) is 104 cm³/mol. The lowest BCUT2D eigenvalue weighted by atomic mass is 9.96. The highest BCUT2D eigenvalue weighted by Gasteiger charge is 2.45. The van der Waals surface area contributed by atoms with Gasteiger partial charge >= 0.3 is 18.1 Å². The second-order valence-corrected chi connectivity index (χ2v) is 7.54. The van der Waals surface area contributed by atoms with Gasteiger partial charge in [0.25, 0.3) is 0 Å². The summed E-state index contributed by atoms with van der Waals surface area (Å²) in [4.78, 5) is 24.6. The topological polar surface area (TPSA) is 72.8 Å². The van der Waals surface area contributed by atoms with Gasteiger partial charge in [0.05, 0.1) is 18.1 Å². The molecule has 1 fully saturated rings. The van der Waals surface area contributed by atoms with Crippen LogP contribution in [-0.4, -0.2) is 35.9 Å². The Kier molecular flexibility index (Phi) is 8.06. The number of carbonyl (C=O) groups is 2. The highest BCUT2D eigenvalue weighted by molar-refractivity contribution is 5.96. The first-order valence-corrected chi connectivity index (χ1v) is 10.0. The monoisotopic (exact) mass is 428 g/mol. The molecule has 0 aliphatic carbocycles. The maximum atomic E-state index is 13.2. The lowest BCUT2D eigenvalue weighted by Crippen LogP contribution is -2.40. The lowest BCUT2D eigenvalue weighted by Gasteiger charge is -2.25. The van der Waals surface area contributed by atoms with Gasteiger partial charge in [0.2, 0.25) is 0 Å². The van der Waals surface area contributed by atoms with Crippen LogP contribution in [0.2, 0.25) is 0 Å². The maximum absolute atomic E-state index is 13.2. The molecule has 2 rings (SSSR count). The van der Waals surface area contributed by atoms with Crippen molar-refractivity contribution in [2.24, 2.45) is 5.92 Å². The SMILES string of the molecule is CCCC(CCC)C(=O)OCC1(CO)C/C(=C/c2ccccc2C(F)(F)F)C(=O)O1. The van der Waals surface area contributed by atoms with Crippen LogP contribution in [0, 0.1) is 5.92 Å². The van der Waals surface area contributed by atoms with Crippen LogP contribution in [-0.2, 0) is 25.2 Å². The van der Waals surface area contributed by atoms with Gasteiger partial charge in [0, 0.05) is 12.0 Å². The number of rotatable bonds is 9. The summed E-state index contributed by atoms with van der Waals surface area (Å²) in [6.45, 7) is 2.95. The van der Waals surface area contributed by atoms with Crippen LogP contribution in [0.25, 0.3) is 6.08 Å². The Morgan fingerprint density at radius 1 is 1.27 bits per heavy atom. The third-order valence-electron chi connectivity index (χ3n) is 5.05. The number of aliphatic hydroxyl groups is 1. The third kappa shape index (κ3) is 5.84. The fraction of sp³-hybridized carbons (Fsp3) is 0.545. The van der Waals surface area contributed by atoms with Crippen LogP contribution in [0.5, 0.6) is 0 Å². The highest BCUT2D eigenvalue weighted by atomic mass is 19.4. The Bertz CT molecular complexity index is 781. The number of hydrogen-bond donors (Lipinski definition) is 1. The van der Waals surface area contributed by atoms with Gasteiger partial charge in [0.15, 0.2) is 5.60 Å². The first-order valence-electron chi connectivity index (χ1n) is 10.0. The normalized spacial score (nSPS) is 20.6. The molecule has 0 amide bonds. The van der Waals surface area contributed by atoms with E-state index >= 15 is 0 Å². The number of carbonyl (C=O) groups excluding carboxylic acids is 2. The molecule has 0 radical (unpaired) electrons. The molecule has 0 aromatic heterocycles. The van der Waals surface area contributed by atoms with E-state index in [1.54, 1.807) is 0 Å². The summed E-state index contributed by atoms with van der Waals surface area (Å²) in [7, 11) is 0. The van der Waals surface area contributed by atoms with Crippen LogP contribution in [0.4, 0.5) is 13.2 Å². The molecule has 1 aromatic carbocycles. The maximum Gasteiger partial charge on any atom is 0.416 e. The zero-order valence-corrected chi connectivity index (χ0v) is 17.1. The Morgan fingerprint density at radius 2 is 1.90 bits per heavy atom. The Balaban J connectivity index is 2.18. The quantitative estimate of drug-likeness (QED) is 0.462. The van der Waals surface area contributed by atoms with E-state index in [4.69, 9.17) is 9.47 Å². The second-order valence-electron chi connectivity index (χ2n) is 7.54. The van der Waals surface area contributed by atoms with Crippen molar-refractivity contribution in [3.63, 3.8) is 0 Å². The largest absolute Gasteiger partial charge is 0.461 e. The van der Waals surface area contributed by atoms with Gasteiger partial charge < -0.3 is 14.6 Å². The van der Waals surface area contributed by atoms with E-state index in [1.165, 1.54) is 18.2 Å². The van der Waals surface area contributed by atoms with Gasteiger partial charge in [-0.1, -0.05) is 44.9 Å². The van der Waals surface area contributed by atoms with E-state index in [2.05, 4.69) is 0 Å². The van der Waals surface area contributed by atoms with Crippen LogP contribution < -0.4 is 0 Å². The number of benzene rings is 1. The molecule has 8 heteroatoms. The van der Waals surface area contributed by atoms with E-state index in [0.717, 1.165) is 25.0 Å². The summed E-state index contributed by atoms with van der Waals surface area (Å²) in [6, 6.07) is 4.88. The van der Waals surface area contributed by atoms with Crippen molar-refractivity contribution in [2.75, 3.05) is 13.2 Å². The molecular weight excluding hydrogens is 401 g/mol. The number of alkyl halides is 3. The Morgan fingerprint density at radius 3 is 2.47 bits per heavy atom. The van der Waals surface area contributed by atoms with Crippen molar-refractivity contribution in [3.05, 3.63) is 41.0 Å². The minimum atomic E-state index is -4.58. The van der Waals surface area contributed by atoms with Crippen molar-refractivity contribution in [1.29, 1.82) is 0 Å². The number of cyclic esters (lactones) is 1. The summed E-state index contributed by atoms with van der Waals surface area (Å²) in [5, 5.41) is 9.78. The fourth-order valence-corrected chi connectivity index (χ4v) is 3.51. The highest BCUT2D eigenvalue weighted by Crippen LogP contribution is 2.36. The molecule has 30 heavy (non-hydrogen) atoms. The number of halogens is 3. The van der Waals surface area contributed by atoms with Crippen molar-refractivity contribution in [3.8, 4) is 0 Å². The molecule has 1 saturated heterocycles. The van der Waals surface area contributed by atoms with Crippen LogP contribution in [0.1, 0.15) is 57.1 Å². The summed E-state index contributed by atoms with van der Waals surface area (Å²) in [5.74, 6) is -1.54. The number of aliphatic hydroxyl groups excluding tert-OH is 1. The van der Waals surface area contributed by atoms with Gasteiger partial charge in [-0.15, -0.1) is 0 Å². The molecule has 1 atom stereocenters. The van der Waals surface area contributed by atoms with E-state index in [1.807, 2.05) is 13.8 Å². The van der Waals surface area contributed by atoms with E-state index in [9.17, 15) is 27.9 Å². The molecule has 1 unspecified atom stereocenters. The molecule has 1 aliphatic rings. The van der Waals surface area contributed by atoms with Gasteiger partial charge in [0.1, 0.15) is 6.61 Å². The van der Waals surface area contributed by atoms with Crippen molar-refractivity contribution in [1.82, 2.24) is 0 Å². The minimum absolute atomic E-state index is 0.0181. The van der Waals surface area contributed by atoms with Gasteiger partial charge in [-0.2, -0.15) is 13.2 Å². The van der Waals surface area contributed by atoms with Gasteiger partial charge in [-0.25, -0.2) is 4.79 Å². The first-order chi connectivity index (χ1) is 14.2. The molecule has 1 aliphatic heterocycles. The van der Waals surface area contributed by atoms with Crippen molar-refractivity contribution in [2.45, 2.75) is 57.7 Å². The zero-order chi connectivity index (χ0) is 22.4. The van der Waals surface area contributed by atoms with Crippen molar-refractivity contribution < 1.29 is 37.3 Å². The number of esters is 2. The molecule has 1 aromatic rings. The molecule has 1 heterocycles. The Labute approximate surface area is 173 Å². The van der Waals surface area contributed by atoms with Gasteiger partial charge in [-0.05, 0) is 30.5 Å².